The zero-order valence-electron chi connectivity index (χ0n) is 9.05. The Morgan fingerprint density at radius 3 is 2.69 bits per heavy atom. The van der Waals surface area contributed by atoms with Crippen molar-refractivity contribution in [3.8, 4) is 0 Å². The number of nitrogens with zero attached hydrogens (tertiary/aromatic N) is 4. The first-order valence-corrected chi connectivity index (χ1v) is 4.57. The molecule has 0 aromatic heterocycles. The second kappa shape index (κ2) is 2.94. The molecule has 0 aromatic carbocycles. The van der Waals surface area contributed by atoms with E-state index in [-0.39, 0.29) is 5.84 Å². The number of fused-ring (bicyclic) bond motifs is 1. The Bertz CT molecular complexity index is 443. The average Bonchev–Trinajstić information content (AvgIpc) is 2.42. The SMILES string of the molecule is CC1=NNC2(C(=O)O)C(=N1)N(C)C(=O)N2C. The van der Waals surface area contributed by atoms with E-state index in [1.807, 2.05) is 0 Å². The van der Waals surface area contributed by atoms with Gasteiger partial charge in [-0.2, -0.15) is 5.10 Å². The van der Waals surface area contributed by atoms with Crippen molar-refractivity contribution in [2.45, 2.75) is 12.6 Å². The summed E-state index contributed by atoms with van der Waals surface area (Å²) in [6.07, 6.45) is 0. The van der Waals surface area contributed by atoms with Crippen molar-refractivity contribution in [2.24, 2.45) is 10.1 Å². The highest BCUT2D eigenvalue weighted by atomic mass is 16.4. The van der Waals surface area contributed by atoms with Gasteiger partial charge in [0.2, 0.25) is 0 Å². The van der Waals surface area contributed by atoms with E-state index in [2.05, 4.69) is 15.5 Å². The van der Waals surface area contributed by atoms with Crippen LogP contribution >= 0.6 is 0 Å². The van der Waals surface area contributed by atoms with Crippen LogP contribution < -0.4 is 5.43 Å². The number of aliphatic carboxylic acids is 1. The molecular formula is C8H11N5O3. The van der Waals surface area contributed by atoms with Crippen molar-refractivity contribution in [1.29, 1.82) is 0 Å². The Kier molecular flexibility index (Phi) is 1.91. The Balaban J connectivity index is 2.61. The van der Waals surface area contributed by atoms with E-state index in [1.54, 1.807) is 6.92 Å². The van der Waals surface area contributed by atoms with Gasteiger partial charge in [0.25, 0.3) is 5.66 Å². The van der Waals surface area contributed by atoms with E-state index in [0.717, 1.165) is 4.90 Å². The quantitative estimate of drug-likeness (QED) is 0.604. The molecule has 8 nitrogen and oxygen atoms in total. The number of amides is 2. The van der Waals surface area contributed by atoms with Gasteiger partial charge in [-0.1, -0.05) is 0 Å². The molecule has 1 saturated heterocycles. The van der Waals surface area contributed by atoms with Crippen molar-refractivity contribution in [3.63, 3.8) is 0 Å². The number of aliphatic imine (C=N–C) groups is 1. The highest BCUT2D eigenvalue weighted by molar-refractivity contribution is 6.23. The number of hydrazone groups is 1. The van der Waals surface area contributed by atoms with Crippen LogP contribution in [0.1, 0.15) is 6.92 Å². The van der Waals surface area contributed by atoms with Crippen LogP contribution in [0.5, 0.6) is 0 Å². The summed E-state index contributed by atoms with van der Waals surface area (Å²) in [5, 5.41) is 13.0. The largest absolute Gasteiger partial charge is 0.478 e. The predicted molar refractivity (Wildman–Crippen MR) is 55.0 cm³/mol. The molecule has 0 radical (unpaired) electrons. The number of urea groups is 1. The molecule has 0 spiro atoms. The number of nitrogens with one attached hydrogen (secondary N) is 1. The van der Waals surface area contributed by atoms with E-state index in [0.29, 0.717) is 5.84 Å². The van der Waals surface area contributed by atoms with Gasteiger partial charge in [-0.15, -0.1) is 0 Å². The van der Waals surface area contributed by atoms with Crippen LogP contribution in [-0.4, -0.2) is 58.3 Å². The fourth-order valence-corrected chi connectivity index (χ4v) is 1.76. The lowest BCUT2D eigenvalue weighted by molar-refractivity contribution is -0.146. The minimum Gasteiger partial charge on any atom is -0.478 e. The van der Waals surface area contributed by atoms with Crippen molar-refractivity contribution in [1.82, 2.24) is 15.2 Å². The van der Waals surface area contributed by atoms with Crippen molar-refractivity contribution >= 4 is 23.7 Å². The number of rotatable bonds is 1. The van der Waals surface area contributed by atoms with Gasteiger partial charge >= 0.3 is 12.0 Å². The van der Waals surface area contributed by atoms with Crippen LogP contribution in [0.15, 0.2) is 10.1 Å². The summed E-state index contributed by atoms with van der Waals surface area (Å²) in [5.74, 6) is -0.718. The third-order valence-electron chi connectivity index (χ3n) is 2.68. The molecule has 2 heterocycles. The summed E-state index contributed by atoms with van der Waals surface area (Å²) in [4.78, 5) is 29.3. The van der Waals surface area contributed by atoms with Crippen LogP contribution in [0.3, 0.4) is 0 Å². The Hall–Kier alpha value is -2.12. The molecule has 2 amide bonds. The normalized spacial score (nSPS) is 28.3. The fraction of sp³-hybridized carbons (Fsp3) is 0.500. The summed E-state index contributed by atoms with van der Waals surface area (Å²) in [7, 11) is 2.86. The predicted octanol–water partition coefficient (Wildman–Crippen LogP) is -0.900. The second-order valence-corrected chi connectivity index (χ2v) is 3.62. The van der Waals surface area contributed by atoms with Gasteiger partial charge < -0.3 is 5.11 Å². The molecule has 1 fully saturated rings. The Morgan fingerprint density at radius 1 is 1.50 bits per heavy atom. The van der Waals surface area contributed by atoms with Crippen molar-refractivity contribution < 1.29 is 14.7 Å². The highest BCUT2D eigenvalue weighted by Gasteiger charge is 2.60. The molecule has 16 heavy (non-hydrogen) atoms. The number of amidine groups is 2. The van der Waals surface area contributed by atoms with Gasteiger partial charge in [0.05, 0.1) is 0 Å². The number of likely N-dealkylation sites (N-methyl/N-ethyl adjacent to an activating group) is 2. The molecule has 2 aliphatic rings. The Labute approximate surface area is 91.2 Å². The minimum atomic E-state index is -1.69. The maximum atomic E-state index is 11.7. The summed E-state index contributed by atoms with van der Waals surface area (Å²) >= 11 is 0. The number of hydrogen-bond donors (Lipinski definition) is 2. The smallest absolute Gasteiger partial charge is 0.360 e. The molecule has 2 aliphatic heterocycles. The van der Waals surface area contributed by atoms with Gasteiger partial charge in [0.15, 0.2) is 5.84 Å². The molecule has 86 valence electrons. The lowest BCUT2D eigenvalue weighted by Crippen LogP contribution is -2.64. The van der Waals surface area contributed by atoms with Crippen molar-refractivity contribution in [3.05, 3.63) is 0 Å². The summed E-state index contributed by atoms with van der Waals surface area (Å²) in [6, 6.07) is -0.446. The topological polar surface area (TPSA) is 97.6 Å². The number of carbonyl (C=O) groups excluding carboxylic acids is 1. The number of carbonyl (C=O) groups is 2. The second-order valence-electron chi connectivity index (χ2n) is 3.62. The van der Waals surface area contributed by atoms with Gasteiger partial charge in [-0.05, 0) is 6.92 Å². The lowest BCUT2D eigenvalue weighted by Gasteiger charge is -2.31. The van der Waals surface area contributed by atoms with Crippen LogP contribution in [0, 0.1) is 0 Å². The summed E-state index contributed by atoms with van der Waals surface area (Å²) < 4.78 is 0. The average molecular weight is 225 g/mol. The van der Waals surface area contributed by atoms with E-state index >= 15 is 0 Å². The van der Waals surface area contributed by atoms with Gasteiger partial charge in [-0.3, -0.25) is 15.2 Å². The molecule has 0 aromatic rings. The minimum absolute atomic E-state index is 0.125. The van der Waals surface area contributed by atoms with Crippen LogP contribution in [0.4, 0.5) is 4.79 Å². The molecule has 0 saturated carbocycles. The molecule has 1 unspecified atom stereocenters. The van der Waals surface area contributed by atoms with Gasteiger partial charge in [0, 0.05) is 14.1 Å². The molecule has 2 rings (SSSR count). The molecule has 2 N–H and O–H groups in total. The standard InChI is InChI=1S/C8H11N5O3/c1-4-9-5-8(6(14)15,11-10-4)13(3)7(16)12(5)2/h11H,1-3H3,(H,14,15). The van der Waals surface area contributed by atoms with Gasteiger partial charge in [0.1, 0.15) is 5.84 Å². The van der Waals surface area contributed by atoms with E-state index in [9.17, 15) is 14.7 Å². The van der Waals surface area contributed by atoms with Crippen LogP contribution in [0.2, 0.25) is 0 Å². The van der Waals surface area contributed by atoms with Crippen LogP contribution in [-0.2, 0) is 4.79 Å². The lowest BCUT2D eigenvalue weighted by atomic mass is 10.1. The maximum absolute atomic E-state index is 11.7. The summed E-state index contributed by atoms with van der Waals surface area (Å²) in [5.41, 5.74) is 0.786. The van der Waals surface area contributed by atoms with Gasteiger partial charge in [-0.25, -0.2) is 14.6 Å². The first-order chi connectivity index (χ1) is 7.41. The maximum Gasteiger partial charge on any atom is 0.360 e. The molecule has 0 bridgehead atoms. The zero-order chi connectivity index (χ0) is 12.1. The third kappa shape index (κ3) is 0.980. The molecule has 8 heteroatoms. The first kappa shape index (κ1) is 10.4. The molecular weight excluding hydrogens is 214 g/mol. The highest BCUT2D eigenvalue weighted by Crippen LogP contribution is 2.26. The first-order valence-electron chi connectivity index (χ1n) is 4.57. The van der Waals surface area contributed by atoms with Crippen molar-refractivity contribution in [2.75, 3.05) is 14.1 Å². The Morgan fingerprint density at radius 2 is 2.12 bits per heavy atom. The number of carboxylic acid groups (broad SMARTS) is 1. The van der Waals surface area contributed by atoms with E-state index < -0.39 is 17.7 Å². The zero-order valence-corrected chi connectivity index (χ0v) is 9.05. The summed E-state index contributed by atoms with van der Waals surface area (Å²) in [6.45, 7) is 1.61. The molecule has 1 atom stereocenters. The third-order valence-corrected chi connectivity index (χ3v) is 2.68. The molecule has 0 aliphatic carbocycles. The monoisotopic (exact) mass is 225 g/mol. The number of hydrogen-bond acceptors (Lipinski definition) is 5. The fourth-order valence-electron chi connectivity index (χ4n) is 1.76. The van der Waals surface area contributed by atoms with Crippen LogP contribution in [0.25, 0.3) is 0 Å². The van der Waals surface area contributed by atoms with E-state index in [1.165, 1.54) is 19.0 Å². The van der Waals surface area contributed by atoms with E-state index in [4.69, 9.17) is 0 Å². The number of carboxylic acids is 1.